The number of primary sulfonamides is 1. The van der Waals surface area contributed by atoms with Crippen LogP contribution in [-0.2, 0) is 10.0 Å². The maximum Gasteiger partial charge on any atom is 0.240 e. The first-order valence-corrected chi connectivity index (χ1v) is 8.43. The Kier molecular flexibility index (Phi) is 3.35. The summed E-state index contributed by atoms with van der Waals surface area (Å²) in [5.74, 6) is 0. The Labute approximate surface area is 119 Å². The van der Waals surface area contributed by atoms with Crippen LogP contribution >= 0.6 is 0 Å². The molecule has 0 bridgehead atoms. The molecule has 7 heteroatoms. The van der Waals surface area contributed by atoms with E-state index in [-0.39, 0.29) is 10.6 Å². The van der Waals surface area contributed by atoms with Gasteiger partial charge in [-0.25, -0.2) is 13.6 Å². The summed E-state index contributed by atoms with van der Waals surface area (Å²) < 4.78 is 23.0. The number of para-hydroxylation sites is 1. The van der Waals surface area contributed by atoms with Crippen LogP contribution in [0.3, 0.4) is 0 Å². The molecule has 0 aromatic heterocycles. The van der Waals surface area contributed by atoms with E-state index in [1.807, 2.05) is 6.07 Å². The van der Waals surface area contributed by atoms with Crippen LogP contribution in [0.2, 0.25) is 0 Å². The smallest absolute Gasteiger partial charge is 0.240 e. The van der Waals surface area contributed by atoms with Crippen molar-refractivity contribution in [2.24, 2.45) is 5.14 Å². The highest BCUT2D eigenvalue weighted by Gasteiger charge is 2.37. The lowest BCUT2D eigenvalue weighted by molar-refractivity contribution is 0.318. The number of rotatable bonds is 3. The van der Waals surface area contributed by atoms with Gasteiger partial charge in [-0.2, -0.15) is 0 Å². The molecule has 3 rings (SSSR count). The molecular weight excluding hydrogens is 276 g/mol. The first kappa shape index (κ1) is 13.7. The molecule has 2 aliphatic heterocycles. The molecule has 1 aromatic carbocycles. The fraction of sp³-hybridized carbons (Fsp3) is 0.538. The van der Waals surface area contributed by atoms with Crippen LogP contribution in [0.1, 0.15) is 19.3 Å². The number of sulfonamides is 1. The third kappa shape index (κ3) is 2.36. The van der Waals surface area contributed by atoms with Crippen LogP contribution in [0.25, 0.3) is 0 Å². The largest absolute Gasteiger partial charge is 0.396 e. The van der Waals surface area contributed by atoms with Crippen molar-refractivity contribution in [3.8, 4) is 0 Å². The molecule has 0 aliphatic carbocycles. The normalized spacial score (nSPS) is 26.6. The van der Waals surface area contributed by atoms with Crippen LogP contribution in [0.5, 0.6) is 0 Å². The van der Waals surface area contributed by atoms with Crippen molar-refractivity contribution in [2.45, 2.75) is 36.2 Å². The van der Waals surface area contributed by atoms with Crippen LogP contribution in [-0.4, -0.2) is 38.5 Å². The van der Waals surface area contributed by atoms with Gasteiger partial charge in [-0.1, -0.05) is 6.07 Å². The van der Waals surface area contributed by atoms with E-state index >= 15 is 0 Å². The van der Waals surface area contributed by atoms with Crippen molar-refractivity contribution in [2.75, 3.05) is 24.1 Å². The fourth-order valence-corrected chi connectivity index (χ4v) is 4.05. The number of hydrogen-bond donors (Lipinski definition) is 3. The van der Waals surface area contributed by atoms with Gasteiger partial charge in [0.25, 0.3) is 0 Å². The SMILES string of the molecule is Nc1c(NC2CCN3CCCC23)cccc1S(N)(=O)=O. The van der Waals surface area contributed by atoms with Gasteiger partial charge < -0.3 is 11.1 Å². The molecule has 2 heterocycles. The Morgan fingerprint density at radius 2 is 2.05 bits per heavy atom. The zero-order valence-corrected chi connectivity index (χ0v) is 12.1. The van der Waals surface area contributed by atoms with E-state index in [4.69, 9.17) is 10.9 Å². The van der Waals surface area contributed by atoms with E-state index < -0.39 is 10.0 Å². The predicted molar refractivity (Wildman–Crippen MR) is 78.9 cm³/mol. The maximum absolute atomic E-state index is 11.5. The summed E-state index contributed by atoms with van der Waals surface area (Å²) in [5.41, 5.74) is 6.83. The van der Waals surface area contributed by atoms with Gasteiger partial charge in [0.1, 0.15) is 4.90 Å². The van der Waals surface area contributed by atoms with E-state index in [1.54, 1.807) is 6.07 Å². The topological polar surface area (TPSA) is 101 Å². The van der Waals surface area contributed by atoms with Crippen molar-refractivity contribution in [3.05, 3.63) is 18.2 Å². The number of anilines is 2. The summed E-state index contributed by atoms with van der Waals surface area (Å²) in [6.45, 7) is 2.26. The average molecular weight is 296 g/mol. The van der Waals surface area contributed by atoms with Gasteiger partial charge >= 0.3 is 0 Å². The Morgan fingerprint density at radius 1 is 1.25 bits per heavy atom. The molecule has 2 atom stereocenters. The highest BCUT2D eigenvalue weighted by atomic mass is 32.2. The summed E-state index contributed by atoms with van der Waals surface area (Å²) >= 11 is 0. The minimum Gasteiger partial charge on any atom is -0.396 e. The second-order valence-electron chi connectivity index (χ2n) is 5.55. The first-order valence-electron chi connectivity index (χ1n) is 6.89. The standard InChI is InChI=1S/C13H20N4O2S/c14-13-10(3-1-5-12(13)20(15,18)19)16-9-6-8-17-7-2-4-11(9)17/h1,3,5,9,11,16H,2,4,6-8,14H2,(H2,15,18,19). The summed E-state index contributed by atoms with van der Waals surface area (Å²) in [6, 6.07) is 5.77. The zero-order chi connectivity index (χ0) is 14.3. The summed E-state index contributed by atoms with van der Waals surface area (Å²) in [6.07, 6.45) is 3.48. The third-order valence-corrected chi connectivity index (χ3v) is 5.29. The molecule has 5 N–H and O–H groups in total. The second-order valence-corrected chi connectivity index (χ2v) is 7.08. The molecular formula is C13H20N4O2S. The quantitative estimate of drug-likeness (QED) is 0.708. The Hall–Kier alpha value is -1.31. The lowest BCUT2D eigenvalue weighted by atomic mass is 10.1. The molecule has 110 valence electrons. The fourth-order valence-electron chi connectivity index (χ4n) is 3.37. The minimum atomic E-state index is -3.78. The molecule has 0 spiro atoms. The monoisotopic (exact) mass is 296 g/mol. The van der Waals surface area contributed by atoms with Crippen molar-refractivity contribution < 1.29 is 8.42 Å². The van der Waals surface area contributed by atoms with E-state index in [2.05, 4.69) is 10.2 Å². The summed E-state index contributed by atoms with van der Waals surface area (Å²) in [5, 5.41) is 8.58. The average Bonchev–Trinajstić information content (AvgIpc) is 2.95. The zero-order valence-electron chi connectivity index (χ0n) is 11.2. The van der Waals surface area contributed by atoms with Crippen molar-refractivity contribution in [3.63, 3.8) is 0 Å². The van der Waals surface area contributed by atoms with E-state index in [9.17, 15) is 8.42 Å². The van der Waals surface area contributed by atoms with Crippen molar-refractivity contribution in [1.82, 2.24) is 4.90 Å². The summed E-state index contributed by atoms with van der Waals surface area (Å²) in [7, 11) is -3.78. The van der Waals surface area contributed by atoms with Crippen molar-refractivity contribution in [1.29, 1.82) is 0 Å². The van der Waals surface area contributed by atoms with Crippen LogP contribution in [0.15, 0.2) is 23.1 Å². The van der Waals surface area contributed by atoms with Crippen molar-refractivity contribution >= 4 is 21.4 Å². The third-order valence-electron chi connectivity index (χ3n) is 4.32. The second kappa shape index (κ2) is 4.91. The van der Waals surface area contributed by atoms with E-state index in [0.29, 0.717) is 17.8 Å². The first-order chi connectivity index (χ1) is 9.47. The van der Waals surface area contributed by atoms with Crippen LogP contribution in [0, 0.1) is 0 Å². The van der Waals surface area contributed by atoms with Gasteiger partial charge in [-0.05, 0) is 37.9 Å². The van der Waals surface area contributed by atoms with E-state index in [0.717, 1.165) is 19.5 Å². The molecule has 20 heavy (non-hydrogen) atoms. The lowest BCUT2D eigenvalue weighted by Gasteiger charge is -2.23. The molecule has 0 amide bonds. The minimum absolute atomic E-state index is 0.0104. The molecule has 0 radical (unpaired) electrons. The predicted octanol–water partition coefficient (Wildman–Crippen LogP) is 0.565. The number of benzene rings is 1. The maximum atomic E-state index is 11.5. The Balaban J connectivity index is 1.85. The number of nitrogens with two attached hydrogens (primary N) is 2. The van der Waals surface area contributed by atoms with Gasteiger partial charge in [0.2, 0.25) is 10.0 Å². The molecule has 0 saturated carbocycles. The lowest BCUT2D eigenvalue weighted by Crippen LogP contribution is -2.34. The highest BCUT2D eigenvalue weighted by Crippen LogP contribution is 2.33. The molecule has 2 unspecified atom stereocenters. The van der Waals surface area contributed by atoms with Crippen LogP contribution in [0.4, 0.5) is 11.4 Å². The van der Waals surface area contributed by atoms with E-state index in [1.165, 1.54) is 18.9 Å². The number of hydrogen-bond acceptors (Lipinski definition) is 5. The molecule has 2 aliphatic rings. The Bertz CT molecular complexity index is 617. The molecule has 6 nitrogen and oxygen atoms in total. The van der Waals surface area contributed by atoms with Gasteiger partial charge in [0, 0.05) is 18.6 Å². The van der Waals surface area contributed by atoms with Crippen LogP contribution < -0.4 is 16.2 Å². The van der Waals surface area contributed by atoms with Gasteiger partial charge in [0.15, 0.2) is 0 Å². The van der Waals surface area contributed by atoms with Gasteiger partial charge in [-0.3, -0.25) is 4.90 Å². The number of nitrogens with zero attached hydrogens (tertiary/aromatic N) is 1. The Morgan fingerprint density at radius 3 is 2.80 bits per heavy atom. The highest BCUT2D eigenvalue weighted by molar-refractivity contribution is 7.89. The molecule has 2 fully saturated rings. The molecule has 1 aromatic rings. The molecule has 2 saturated heterocycles. The number of fused-ring (bicyclic) bond motifs is 1. The number of nitrogens with one attached hydrogen (secondary N) is 1. The van der Waals surface area contributed by atoms with Gasteiger partial charge in [0.05, 0.1) is 11.4 Å². The number of nitrogen functional groups attached to an aromatic ring is 1. The van der Waals surface area contributed by atoms with Gasteiger partial charge in [-0.15, -0.1) is 0 Å². The summed E-state index contributed by atoms with van der Waals surface area (Å²) in [4.78, 5) is 2.47.